The highest BCUT2D eigenvalue weighted by atomic mass is 35.5. The van der Waals surface area contributed by atoms with Crippen molar-refractivity contribution in [3.8, 4) is 5.75 Å². The number of amides is 1. The Labute approximate surface area is 118 Å². The van der Waals surface area contributed by atoms with Gasteiger partial charge in [-0.1, -0.05) is 11.6 Å². The first kappa shape index (κ1) is 15.6. The summed E-state index contributed by atoms with van der Waals surface area (Å²) in [6.45, 7) is 2.76. The zero-order valence-corrected chi connectivity index (χ0v) is 12.1. The summed E-state index contributed by atoms with van der Waals surface area (Å²) in [7, 11) is 3.15. The number of carbonyl (C=O) groups is 1. The molecule has 0 radical (unpaired) electrons. The second kappa shape index (κ2) is 7.86. The molecule has 1 aromatic carbocycles. The van der Waals surface area contributed by atoms with Crippen LogP contribution in [0.2, 0.25) is 5.02 Å². The number of hydrogen-bond donors (Lipinski definition) is 2. The molecular weight excluding hydrogens is 268 g/mol. The molecule has 6 heteroatoms. The third kappa shape index (κ3) is 4.96. The second-order valence-corrected chi connectivity index (χ2v) is 4.41. The largest absolute Gasteiger partial charge is 0.495 e. The van der Waals surface area contributed by atoms with Gasteiger partial charge in [0.2, 0.25) is 5.91 Å². The van der Waals surface area contributed by atoms with Gasteiger partial charge in [0, 0.05) is 19.3 Å². The highest BCUT2D eigenvalue weighted by Gasteiger charge is 2.12. The van der Waals surface area contributed by atoms with Crippen molar-refractivity contribution >= 4 is 23.2 Å². The minimum absolute atomic E-state index is 0.0935. The van der Waals surface area contributed by atoms with E-state index in [0.717, 1.165) is 5.69 Å². The molecule has 0 spiro atoms. The number of nitrogens with one attached hydrogen (secondary N) is 2. The number of carbonyl (C=O) groups excluding carboxylic acids is 1. The monoisotopic (exact) mass is 286 g/mol. The highest BCUT2D eigenvalue weighted by molar-refractivity contribution is 6.32. The van der Waals surface area contributed by atoms with E-state index in [1.807, 2.05) is 6.07 Å². The van der Waals surface area contributed by atoms with Crippen LogP contribution >= 0.6 is 11.6 Å². The van der Waals surface area contributed by atoms with Gasteiger partial charge in [0.1, 0.15) is 11.8 Å². The van der Waals surface area contributed by atoms with Gasteiger partial charge < -0.3 is 20.1 Å². The summed E-state index contributed by atoms with van der Waals surface area (Å²) < 4.78 is 9.93. The fourth-order valence-corrected chi connectivity index (χ4v) is 1.76. The molecule has 2 N–H and O–H groups in total. The van der Waals surface area contributed by atoms with Gasteiger partial charge in [-0.15, -0.1) is 0 Å². The van der Waals surface area contributed by atoms with Crippen LogP contribution in [0.3, 0.4) is 0 Å². The molecule has 0 heterocycles. The SMILES string of the molecule is COCCNC(=O)C(C)Nc1ccc(OC)c(Cl)c1. The zero-order chi connectivity index (χ0) is 14.3. The average molecular weight is 287 g/mol. The zero-order valence-electron chi connectivity index (χ0n) is 11.3. The fraction of sp³-hybridized carbons (Fsp3) is 0.462. The molecule has 5 nitrogen and oxygen atoms in total. The molecule has 0 aliphatic carbocycles. The summed E-state index contributed by atoms with van der Waals surface area (Å²) in [5.41, 5.74) is 0.764. The van der Waals surface area contributed by atoms with Gasteiger partial charge in [-0.2, -0.15) is 0 Å². The number of halogens is 1. The molecule has 1 amide bonds. The standard InChI is InChI=1S/C13H19ClN2O3/c1-9(13(17)15-6-7-18-2)16-10-4-5-12(19-3)11(14)8-10/h4-5,8-9,16H,6-7H2,1-3H3,(H,15,17). The lowest BCUT2D eigenvalue weighted by Crippen LogP contribution is -2.39. The van der Waals surface area contributed by atoms with Gasteiger partial charge in [0.25, 0.3) is 0 Å². The van der Waals surface area contributed by atoms with Crippen LogP contribution in [0.5, 0.6) is 5.75 Å². The van der Waals surface area contributed by atoms with Gasteiger partial charge in [0.15, 0.2) is 0 Å². The van der Waals surface area contributed by atoms with Gasteiger partial charge in [0.05, 0.1) is 18.7 Å². The van der Waals surface area contributed by atoms with Crippen LogP contribution in [0.25, 0.3) is 0 Å². The number of rotatable bonds is 7. The summed E-state index contributed by atoms with van der Waals surface area (Å²) >= 11 is 6.01. The van der Waals surface area contributed by atoms with Crippen molar-refractivity contribution in [2.24, 2.45) is 0 Å². The number of hydrogen-bond acceptors (Lipinski definition) is 4. The molecule has 0 saturated heterocycles. The van der Waals surface area contributed by atoms with Crippen molar-refractivity contribution in [2.45, 2.75) is 13.0 Å². The first-order valence-electron chi connectivity index (χ1n) is 5.95. The van der Waals surface area contributed by atoms with E-state index in [1.54, 1.807) is 33.3 Å². The van der Waals surface area contributed by atoms with E-state index in [0.29, 0.717) is 23.9 Å². The predicted octanol–water partition coefficient (Wildman–Crippen LogP) is 1.91. The van der Waals surface area contributed by atoms with Crippen LogP contribution < -0.4 is 15.4 Å². The molecule has 0 bridgehead atoms. The van der Waals surface area contributed by atoms with Crippen molar-refractivity contribution in [3.05, 3.63) is 23.2 Å². The molecule has 1 rings (SSSR count). The Morgan fingerprint density at radius 3 is 2.74 bits per heavy atom. The Balaban J connectivity index is 2.54. The van der Waals surface area contributed by atoms with Crippen molar-refractivity contribution in [2.75, 3.05) is 32.7 Å². The minimum Gasteiger partial charge on any atom is -0.495 e. The molecule has 1 atom stereocenters. The molecule has 19 heavy (non-hydrogen) atoms. The molecule has 0 aliphatic heterocycles. The lowest BCUT2D eigenvalue weighted by atomic mass is 10.2. The second-order valence-electron chi connectivity index (χ2n) is 4.00. The van der Waals surface area contributed by atoms with Crippen LogP contribution in [-0.2, 0) is 9.53 Å². The molecule has 0 aliphatic rings. The lowest BCUT2D eigenvalue weighted by Gasteiger charge is -2.16. The topological polar surface area (TPSA) is 59.6 Å². The smallest absolute Gasteiger partial charge is 0.242 e. The van der Waals surface area contributed by atoms with E-state index >= 15 is 0 Å². The van der Waals surface area contributed by atoms with Crippen LogP contribution in [0, 0.1) is 0 Å². The van der Waals surface area contributed by atoms with Gasteiger partial charge in [-0.05, 0) is 25.1 Å². The first-order valence-corrected chi connectivity index (χ1v) is 6.33. The normalized spacial score (nSPS) is 11.8. The van der Waals surface area contributed by atoms with Crippen molar-refractivity contribution in [1.29, 1.82) is 0 Å². The quantitative estimate of drug-likeness (QED) is 0.752. The number of anilines is 1. The van der Waals surface area contributed by atoms with Crippen molar-refractivity contribution < 1.29 is 14.3 Å². The maximum absolute atomic E-state index is 11.7. The first-order chi connectivity index (χ1) is 9.08. The van der Waals surface area contributed by atoms with E-state index in [9.17, 15) is 4.79 Å². The summed E-state index contributed by atoms with van der Waals surface area (Å²) in [5, 5.41) is 6.32. The summed E-state index contributed by atoms with van der Waals surface area (Å²) in [5.74, 6) is 0.508. The highest BCUT2D eigenvalue weighted by Crippen LogP contribution is 2.27. The molecule has 1 aromatic rings. The molecule has 0 fully saturated rings. The third-order valence-corrected chi connectivity index (χ3v) is 2.83. The van der Waals surface area contributed by atoms with E-state index in [2.05, 4.69) is 10.6 Å². The van der Waals surface area contributed by atoms with E-state index in [1.165, 1.54) is 0 Å². The minimum atomic E-state index is -0.360. The Morgan fingerprint density at radius 2 is 2.16 bits per heavy atom. The van der Waals surface area contributed by atoms with Crippen LogP contribution in [0.1, 0.15) is 6.92 Å². The lowest BCUT2D eigenvalue weighted by molar-refractivity contribution is -0.121. The van der Waals surface area contributed by atoms with Gasteiger partial charge >= 0.3 is 0 Å². The Kier molecular flexibility index (Phi) is 6.45. The van der Waals surface area contributed by atoms with Crippen molar-refractivity contribution in [1.82, 2.24) is 5.32 Å². The van der Waals surface area contributed by atoms with E-state index in [-0.39, 0.29) is 11.9 Å². The summed E-state index contributed by atoms with van der Waals surface area (Å²) in [6, 6.07) is 4.92. The third-order valence-electron chi connectivity index (χ3n) is 2.53. The molecule has 1 unspecified atom stereocenters. The molecule has 0 saturated carbocycles. The van der Waals surface area contributed by atoms with Crippen LogP contribution in [0.15, 0.2) is 18.2 Å². The Bertz CT molecular complexity index is 426. The summed E-state index contributed by atoms with van der Waals surface area (Å²) in [4.78, 5) is 11.7. The molecular formula is C13H19ClN2O3. The van der Waals surface area contributed by atoms with E-state index < -0.39 is 0 Å². The maximum Gasteiger partial charge on any atom is 0.242 e. The van der Waals surface area contributed by atoms with Crippen LogP contribution in [0.4, 0.5) is 5.69 Å². The number of methoxy groups -OCH3 is 2. The number of benzene rings is 1. The summed E-state index contributed by atoms with van der Waals surface area (Å²) in [6.07, 6.45) is 0. The van der Waals surface area contributed by atoms with E-state index in [4.69, 9.17) is 21.1 Å². The Morgan fingerprint density at radius 1 is 1.42 bits per heavy atom. The maximum atomic E-state index is 11.7. The van der Waals surface area contributed by atoms with Gasteiger partial charge in [-0.3, -0.25) is 4.79 Å². The average Bonchev–Trinajstić information content (AvgIpc) is 2.39. The van der Waals surface area contributed by atoms with Crippen molar-refractivity contribution in [3.63, 3.8) is 0 Å². The predicted molar refractivity (Wildman–Crippen MR) is 76.0 cm³/mol. The number of ether oxygens (including phenoxy) is 2. The van der Waals surface area contributed by atoms with Crippen LogP contribution in [-0.4, -0.2) is 39.3 Å². The molecule has 106 valence electrons. The molecule has 0 aromatic heterocycles. The Hall–Kier alpha value is -1.46. The van der Waals surface area contributed by atoms with Gasteiger partial charge in [-0.25, -0.2) is 0 Å². The fourth-order valence-electron chi connectivity index (χ4n) is 1.50.